The Labute approximate surface area is 170 Å². The number of hydrogen-bond acceptors (Lipinski definition) is 8. The fourth-order valence-electron chi connectivity index (χ4n) is 3.34. The lowest BCUT2D eigenvalue weighted by atomic mass is 10.2. The van der Waals surface area contributed by atoms with Gasteiger partial charge < -0.3 is 13.7 Å². The van der Waals surface area contributed by atoms with Gasteiger partial charge in [-0.15, -0.1) is 0 Å². The van der Waals surface area contributed by atoms with Gasteiger partial charge in [0.05, 0.1) is 19.3 Å². The highest BCUT2D eigenvalue weighted by atomic mass is 16.5. The zero-order chi connectivity index (χ0) is 20.2. The lowest BCUT2D eigenvalue weighted by Gasteiger charge is -2.33. The lowest BCUT2D eigenvalue weighted by molar-refractivity contribution is 0.111. The molecule has 0 spiro atoms. The fraction of sp³-hybridized carbons (Fsp3) is 0.476. The van der Waals surface area contributed by atoms with Gasteiger partial charge in [-0.05, 0) is 24.3 Å². The van der Waals surface area contributed by atoms with Crippen molar-refractivity contribution in [3.05, 3.63) is 47.9 Å². The summed E-state index contributed by atoms with van der Waals surface area (Å²) >= 11 is 0. The molecule has 154 valence electrons. The molecule has 0 unspecified atom stereocenters. The largest absolute Gasteiger partial charge is 0.497 e. The average Bonchev–Trinajstić information content (AvgIpc) is 3.39. The molecule has 1 fully saturated rings. The maximum absolute atomic E-state index is 5.67. The first-order valence-electron chi connectivity index (χ1n) is 9.96. The van der Waals surface area contributed by atoms with Gasteiger partial charge in [-0.25, -0.2) is 4.98 Å². The van der Waals surface area contributed by atoms with Gasteiger partial charge in [0.2, 0.25) is 11.8 Å². The highest BCUT2D eigenvalue weighted by molar-refractivity contribution is 5.54. The maximum Gasteiger partial charge on any atom is 0.240 e. The summed E-state index contributed by atoms with van der Waals surface area (Å²) in [5, 5.41) is 4.04. The molecule has 3 aromatic rings. The second kappa shape index (κ2) is 8.75. The Morgan fingerprint density at radius 3 is 2.31 bits per heavy atom. The van der Waals surface area contributed by atoms with Crippen molar-refractivity contribution in [1.29, 1.82) is 0 Å². The molecule has 0 saturated carbocycles. The van der Waals surface area contributed by atoms with E-state index in [1.165, 1.54) is 0 Å². The standard InChI is InChI=1S/C21H27N5O3/c1-15(2)20-23-19(29-24-20)13-26-10-8-25(9-11-26)12-17-14-28-21(22-17)16-4-6-18(27-3)7-5-16/h4-7,14-15H,8-13H2,1-3H3. The number of nitrogens with zero attached hydrogens (tertiary/aromatic N) is 5. The van der Waals surface area contributed by atoms with Gasteiger partial charge in [0, 0.05) is 44.2 Å². The zero-order valence-electron chi connectivity index (χ0n) is 17.2. The predicted molar refractivity (Wildman–Crippen MR) is 107 cm³/mol. The van der Waals surface area contributed by atoms with Crippen molar-refractivity contribution in [2.75, 3.05) is 33.3 Å². The summed E-state index contributed by atoms with van der Waals surface area (Å²) in [6, 6.07) is 7.72. The molecule has 0 bridgehead atoms. The third kappa shape index (κ3) is 4.83. The van der Waals surface area contributed by atoms with E-state index in [4.69, 9.17) is 13.7 Å². The maximum atomic E-state index is 5.67. The first-order chi connectivity index (χ1) is 14.1. The summed E-state index contributed by atoms with van der Waals surface area (Å²) < 4.78 is 16.2. The van der Waals surface area contributed by atoms with E-state index >= 15 is 0 Å². The number of benzene rings is 1. The molecule has 0 aliphatic carbocycles. The van der Waals surface area contributed by atoms with Gasteiger partial charge in [-0.2, -0.15) is 4.98 Å². The Morgan fingerprint density at radius 2 is 1.69 bits per heavy atom. The van der Waals surface area contributed by atoms with Gasteiger partial charge in [0.25, 0.3) is 0 Å². The van der Waals surface area contributed by atoms with Crippen LogP contribution in [0.1, 0.15) is 37.2 Å². The molecular weight excluding hydrogens is 370 g/mol. The van der Waals surface area contributed by atoms with Crippen molar-refractivity contribution in [3.63, 3.8) is 0 Å². The van der Waals surface area contributed by atoms with Gasteiger partial charge in [-0.1, -0.05) is 19.0 Å². The van der Waals surface area contributed by atoms with E-state index < -0.39 is 0 Å². The Kier molecular flexibility index (Phi) is 5.92. The molecule has 0 N–H and O–H groups in total. The van der Waals surface area contributed by atoms with Crippen LogP contribution < -0.4 is 4.74 Å². The van der Waals surface area contributed by atoms with Crippen molar-refractivity contribution in [1.82, 2.24) is 24.9 Å². The van der Waals surface area contributed by atoms with E-state index in [2.05, 4.69) is 38.8 Å². The Morgan fingerprint density at radius 1 is 1.00 bits per heavy atom. The van der Waals surface area contributed by atoms with Crippen molar-refractivity contribution >= 4 is 0 Å². The number of piperazine rings is 1. The number of ether oxygens (including phenoxy) is 1. The van der Waals surface area contributed by atoms with Crippen LogP contribution in [-0.2, 0) is 13.1 Å². The first kappa shape index (κ1) is 19.6. The van der Waals surface area contributed by atoms with Gasteiger partial charge in [-0.3, -0.25) is 9.80 Å². The van der Waals surface area contributed by atoms with Crippen LogP contribution in [0.3, 0.4) is 0 Å². The molecule has 0 atom stereocenters. The van der Waals surface area contributed by atoms with Crippen molar-refractivity contribution in [3.8, 4) is 17.2 Å². The third-order valence-electron chi connectivity index (χ3n) is 5.10. The second-order valence-electron chi connectivity index (χ2n) is 7.63. The number of methoxy groups -OCH3 is 1. The highest BCUT2D eigenvalue weighted by Crippen LogP contribution is 2.22. The number of oxazole rings is 1. The van der Waals surface area contributed by atoms with Crippen molar-refractivity contribution in [2.45, 2.75) is 32.9 Å². The molecule has 3 heterocycles. The van der Waals surface area contributed by atoms with Gasteiger partial charge in [0.1, 0.15) is 12.0 Å². The SMILES string of the molecule is COc1ccc(-c2nc(CN3CCN(Cc4nc(C(C)C)no4)CC3)co2)cc1. The first-order valence-corrected chi connectivity index (χ1v) is 9.96. The second-order valence-corrected chi connectivity index (χ2v) is 7.63. The van der Waals surface area contributed by atoms with Crippen molar-refractivity contribution in [2.24, 2.45) is 0 Å². The fourth-order valence-corrected chi connectivity index (χ4v) is 3.34. The van der Waals surface area contributed by atoms with E-state index in [-0.39, 0.29) is 5.92 Å². The predicted octanol–water partition coefficient (Wildman–Crippen LogP) is 3.17. The molecule has 2 aromatic heterocycles. The molecule has 1 aliphatic rings. The molecule has 1 saturated heterocycles. The summed E-state index contributed by atoms with van der Waals surface area (Å²) in [6.07, 6.45) is 1.75. The van der Waals surface area contributed by atoms with Crippen LogP contribution >= 0.6 is 0 Å². The molecule has 8 nitrogen and oxygen atoms in total. The van der Waals surface area contributed by atoms with Crippen LogP contribution in [0.4, 0.5) is 0 Å². The average molecular weight is 397 g/mol. The molecule has 29 heavy (non-hydrogen) atoms. The summed E-state index contributed by atoms with van der Waals surface area (Å²) in [4.78, 5) is 13.8. The minimum atomic E-state index is 0.287. The Bertz CT molecular complexity index is 911. The quantitative estimate of drug-likeness (QED) is 0.601. The van der Waals surface area contributed by atoms with Crippen molar-refractivity contribution < 1.29 is 13.7 Å². The minimum absolute atomic E-state index is 0.287. The number of rotatable bonds is 7. The monoisotopic (exact) mass is 397 g/mol. The Balaban J connectivity index is 1.27. The molecule has 8 heteroatoms. The van der Waals surface area contributed by atoms with Crippen LogP contribution in [-0.4, -0.2) is 58.2 Å². The summed E-state index contributed by atoms with van der Waals surface area (Å²) in [5.41, 5.74) is 1.89. The topological polar surface area (TPSA) is 80.7 Å². The third-order valence-corrected chi connectivity index (χ3v) is 5.10. The summed E-state index contributed by atoms with van der Waals surface area (Å²) in [5.74, 6) is 3.22. The van der Waals surface area contributed by atoms with Crippen LogP contribution in [0, 0.1) is 0 Å². The molecule has 1 aromatic carbocycles. The number of hydrogen-bond donors (Lipinski definition) is 0. The van der Waals surface area contributed by atoms with Crippen LogP contribution in [0.25, 0.3) is 11.5 Å². The minimum Gasteiger partial charge on any atom is -0.497 e. The van der Waals surface area contributed by atoms with Gasteiger partial charge in [0.15, 0.2) is 5.82 Å². The molecule has 0 amide bonds. The Hall–Kier alpha value is -2.71. The zero-order valence-corrected chi connectivity index (χ0v) is 17.2. The number of aromatic nitrogens is 3. The summed E-state index contributed by atoms with van der Waals surface area (Å²) in [7, 11) is 1.66. The molecule has 1 aliphatic heterocycles. The van der Waals surface area contributed by atoms with E-state index in [1.54, 1.807) is 13.4 Å². The van der Waals surface area contributed by atoms with Crippen LogP contribution in [0.5, 0.6) is 5.75 Å². The molecular formula is C21H27N5O3. The normalized spacial score (nSPS) is 15.9. The molecule has 0 radical (unpaired) electrons. The molecule has 4 rings (SSSR count). The van der Waals surface area contributed by atoms with Crippen LogP contribution in [0.15, 0.2) is 39.5 Å². The van der Waals surface area contributed by atoms with E-state index in [1.807, 2.05) is 24.3 Å². The smallest absolute Gasteiger partial charge is 0.240 e. The van der Waals surface area contributed by atoms with E-state index in [0.29, 0.717) is 18.3 Å². The van der Waals surface area contributed by atoms with E-state index in [0.717, 1.165) is 55.6 Å². The lowest BCUT2D eigenvalue weighted by Crippen LogP contribution is -2.45. The van der Waals surface area contributed by atoms with E-state index in [9.17, 15) is 0 Å². The highest BCUT2D eigenvalue weighted by Gasteiger charge is 2.21. The summed E-state index contributed by atoms with van der Waals surface area (Å²) in [6.45, 7) is 9.48. The van der Waals surface area contributed by atoms with Crippen LogP contribution in [0.2, 0.25) is 0 Å². The van der Waals surface area contributed by atoms with Gasteiger partial charge >= 0.3 is 0 Å².